The first-order valence-electron chi connectivity index (χ1n) is 8.77. The van der Waals surface area contributed by atoms with E-state index >= 15 is 0 Å². The van der Waals surface area contributed by atoms with Crippen LogP contribution in [0.3, 0.4) is 0 Å². The van der Waals surface area contributed by atoms with Crippen molar-refractivity contribution >= 4 is 5.69 Å². The van der Waals surface area contributed by atoms with Crippen LogP contribution in [0.25, 0.3) is 0 Å². The number of methoxy groups -OCH3 is 1. The summed E-state index contributed by atoms with van der Waals surface area (Å²) in [7, 11) is 1.73. The molecule has 1 atom stereocenters. The number of para-hydroxylation sites is 2. The molecule has 128 valence electrons. The van der Waals surface area contributed by atoms with Crippen molar-refractivity contribution in [1.29, 1.82) is 0 Å². The molecule has 0 bridgehead atoms. The van der Waals surface area contributed by atoms with Crippen molar-refractivity contribution in [3.63, 3.8) is 0 Å². The number of piperazine rings is 1. The zero-order valence-electron chi connectivity index (χ0n) is 14.2. The predicted octanol–water partition coefficient (Wildman–Crippen LogP) is 1.27. The molecule has 5 nitrogen and oxygen atoms in total. The molecule has 2 heterocycles. The molecule has 5 heteroatoms. The van der Waals surface area contributed by atoms with E-state index < -0.39 is 0 Å². The molecular formula is C18H29N3O2. The van der Waals surface area contributed by atoms with Crippen molar-refractivity contribution in [2.75, 3.05) is 64.4 Å². The molecule has 0 amide bonds. The summed E-state index contributed by atoms with van der Waals surface area (Å²) in [4.78, 5) is 7.14. The highest BCUT2D eigenvalue weighted by atomic mass is 16.5. The van der Waals surface area contributed by atoms with E-state index in [2.05, 4.69) is 26.8 Å². The van der Waals surface area contributed by atoms with Gasteiger partial charge in [-0.1, -0.05) is 12.1 Å². The fourth-order valence-corrected chi connectivity index (χ4v) is 3.68. The number of rotatable bonds is 6. The Balaban J connectivity index is 1.46. The third kappa shape index (κ3) is 4.37. The average Bonchev–Trinajstić information content (AvgIpc) is 3.08. The fraction of sp³-hybridized carbons (Fsp3) is 0.667. The molecular weight excluding hydrogens is 290 g/mol. The van der Waals surface area contributed by atoms with Gasteiger partial charge in [-0.2, -0.15) is 0 Å². The molecule has 2 saturated heterocycles. The zero-order chi connectivity index (χ0) is 16.1. The molecule has 1 unspecified atom stereocenters. The van der Waals surface area contributed by atoms with E-state index in [0.29, 0.717) is 0 Å². The van der Waals surface area contributed by atoms with Crippen LogP contribution in [-0.2, 0) is 0 Å². The number of likely N-dealkylation sites (tertiary alicyclic amines) is 1. The molecule has 0 aliphatic carbocycles. The molecule has 0 spiro atoms. The minimum atomic E-state index is -0.231. The standard InChI is InChI=1S/C18H29N3O2/c1-23-18-7-3-2-6-17(18)21-12-10-20(11-13-21)15-16(22)14-19-8-4-5-9-19/h2-3,6-7,16,22H,4-5,8-15H2,1H3. The Kier molecular flexibility index (Phi) is 5.75. The summed E-state index contributed by atoms with van der Waals surface area (Å²) in [6.07, 6.45) is 2.33. The highest BCUT2D eigenvalue weighted by Crippen LogP contribution is 2.28. The number of hydrogen-bond donors (Lipinski definition) is 1. The Bertz CT molecular complexity index is 483. The number of aliphatic hydroxyl groups is 1. The van der Waals surface area contributed by atoms with E-state index in [9.17, 15) is 5.11 Å². The molecule has 3 rings (SSSR count). The largest absolute Gasteiger partial charge is 0.495 e. The van der Waals surface area contributed by atoms with Crippen molar-refractivity contribution in [1.82, 2.24) is 9.80 Å². The second-order valence-corrected chi connectivity index (χ2v) is 6.62. The van der Waals surface area contributed by atoms with Gasteiger partial charge in [0.2, 0.25) is 0 Å². The maximum absolute atomic E-state index is 10.3. The molecule has 0 aromatic heterocycles. The van der Waals surface area contributed by atoms with Crippen LogP contribution in [0, 0.1) is 0 Å². The van der Waals surface area contributed by atoms with Crippen molar-refractivity contribution in [2.45, 2.75) is 18.9 Å². The van der Waals surface area contributed by atoms with Crippen molar-refractivity contribution in [3.8, 4) is 5.75 Å². The van der Waals surface area contributed by atoms with Crippen LogP contribution in [0.1, 0.15) is 12.8 Å². The second kappa shape index (κ2) is 7.99. The van der Waals surface area contributed by atoms with Gasteiger partial charge in [0, 0.05) is 39.3 Å². The lowest BCUT2D eigenvalue weighted by atomic mass is 10.2. The van der Waals surface area contributed by atoms with E-state index in [-0.39, 0.29) is 6.10 Å². The quantitative estimate of drug-likeness (QED) is 0.855. The van der Waals surface area contributed by atoms with Gasteiger partial charge >= 0.3 is 0 Å². The first kappa shape index (κ1) is 16.6. The summed E-state index contributed by atoms with van der Waals surface area (Å²) in [5.41, 5.74) is 1.17. The topological polar surface area (TPSA) is 39.2 Å². The average molecular weight is 319 g/mol. The van der Waals surface area contributed by atoms with Crippen LogP contribution in [0.2, 0.25) is 0 Å². The number of hydrogen-bond acceptors (Lipinski definition) is 5. The lowest BCUT2D eigenvalue weighted by Gasteiger charge is -2.37. The highest BCUT2D eigenvalue weighted by Gasteiger charge is 2.22. The summed E-state index contributed by atoms with van der Waals surface area (Å²) >= 11 is 0. The molecule has 2 aliphatic rings. The van der Waals surface area contributed by atoms with Gasteiger partial charge in [0.05, 0.1) is 18.9 Å². The minimum absolute atomic E-state index is 0.231. The van der Waals surface area contributed by atoms with Gasteiger partial charge in [0.15, 0.2) is 0 Å². The molecule has 1 aromatic rings. The Labute approximate surface area is 139 Å². The van der Waals surface area contributed by atoms with Crippen LogP contribution in [0.4, 0.5) is 5.69 Å². The number of aliphatic hydroxyl groups excluding tert-OH is 1. The molecule has 1 N–H and O–H groups in total. The lowest BCUT2D eigenvalue weighted by molar-refractivity contribution is 0.0790. The summed E-state index contributed by atoms with van der Waals surface area (Å²) in [6, 6.07) is 8.20. The number of ether oxygens (including phenoxy) is 1. The number of anilines is 1. The molecule has 23 heavy (non-hydrogen) atoms. The minimum Gasteiger partial charge on any atom is -0.495 e. The monoisotopic (exact) mass is 319 g/mol. The molecule has 2 aliphatic heterocycles. The maximum atomic E-state index is 10.3. The molecule has 2 fully saturated rings. The lowest BCUT2D eigenvalue weighted by Crippen LogP contribution is -2.50. The SMILES string of the molecule is COc1ccccc1N1CCN(CC(O)CN2CCCC2)CC1. The van der Waals surface area contributed by atoms with Gasteiger partial charge in [-0.05, 0) is 38.1 Å². The van der Waals surface area contributed by atoms with E-state index in [1.807, 2.05) is 12.1 Å². The Morgan fingerprint density at radius 3 is 2.22 bits per heavy atom. The van der Waals surface area contributed by atoms with Gasteiger partial charge in [0.1, 0.15) is 5.75 Å². The summed E-state index contributed by atoms with van der Waals surface area (Å²) < 4.78 is 5.46. The normalized spacial score (nSPS) is 21.6. The van der Waals surface area contributed by atoms with Gasteiger partial charge in [0.25, 0.3) is 0 Å². The van der Waals surface area contributed by atoms with Gasteiger partial charge in [-0.25, -0.2) is 0 Å². The van der Waals surface area contributed by atoms with Gasteiger partial charge < -0.3 is 19.6 Å². The smallest absolute Gasteiger partial charge is 0.142 e. The van der Waals surface area contributed by atoms with Crippen LogP contribution in [0.5, 0.6) is 5.75 Å². The first-order valence-corrected chi connectivity index (χ1v) is 8.77. The third-order valence-electron chi connectivity index (χ3n) is 4.93. The van der Waals surface area contributed by atoms with Gasteiger partial charge in [-0.15, -0.1) is 0 Å². The van der Waals surface area contributed by atoms with Crippen LogP contribution in [-0.4, -0.2) is 80.5 Å². The third-order valence-corrected chi connectivity index (χ3v) is 4.93. The Morgan fingerprint density at radius 2 is 1.57 bits per heavy atom. The van der Waals surface area contributed by atoms with E-state index in [1.165, 1.54) is 18.5 Å². The van der Waals surface area contributed by atoms with Crippen molar-refractivity contribution in [3.05, 3.63) is 24.3 Å². The van der Waals surface area contributed by atoms with Crippen LogP contribution >= 0.6 is 0 Å². The summed E-state index contributed by atoms with van der Waals surface area (Å²) in [5, 5.41) is 10.3. The van der Waals surface area contributed by atoms with Gasteiger partial charge in [-0.3, -0.25) is 4.90 Å². The van der Waals surface area contributed by atoms with Crippen LogP contribution < -0.4 is 9.64 Å². The predicted molar refractivity (Wildman–Crippen MR) is 93.3 cm³/mol. The Hall–Kier alpha value is -1.30. The fourth-order valence-electron chi connectivity index (χ4n) is 3.68. The molecule has 0 saturated carbocycles. The van der Waals surface area contributed by atoms with E-state index in [1.54, 1.807) is 7.11 Å². The second-order valence-electron chi connectivity index (χ2n) is 6.62. The van der Waals surface area contributed by atoms with E-state index in [4.69, 9.17) is 4.74 Å². The maximum Gasteiger partial charge on any atom is 0.142 e. The molecule has 1 aromatic carbocycles. The summed E-state index contributed by atoms with van der Waals surface area (Å²) in [5.74, 6) is 0.940. The number of nitrogens with zero attached hydrogens (tertiary/aromatic N) is 3. The zero-order valence-corrected chi connectivity index (χ0v) is 14.2. The van der Waals surface area contributed by atoms with Crippen molar-refractivity contribution < 1.29 is 9.84 Å². The summed E-state index contributed by atoms with van der Waals surface area (Å²) in [6.45, 7) is 7.87. The number of benzene rings is 1. The molecule has 0 radical (unpaired) electrons. The Morgan fingerprint density at radius 1 is 0.957 bits per heavy atom. The van der Waals surface area contributed by atoms with E-state index in [0.717, 1.165) is 58.1 Å². The van der Waals surface area contributed by atoms with Crippen LogP contribution in [0.15, 0.2) is 24.3 Å². The van der Waals surface area contributed by atoms with Crippen molar-refractivity contribution in [2.24, 2.45) is 0 Å². The highest BCUT2D eigenvalue weighted by molar-refractivity contribution is 5.58. The first-order chi connectivity index (χ1) is 11.3. The number of β-amino-alcohol motifs (C(OH)–C–C–N with tert-alkyl or cyclic N) is 1.